The number of thiophene rings is 1. The van der Waals surface area contributed by atoms with Gasteiger partial charge in [-0.15, -0.1) is 21.5 Å². The van der Waals surface area contributed by atoms with Gasteiger partial charge in [0.1, 0.15) is 28.4 Å². The Kier molecular flexibility index (Phi) is 12.0. The molecule has 4 N–H and O–H groups in total. The van der Waals surface area contributed by atoms with Crippen LogP contribution < -0.4 is 26.0 Å². The van der Waals surface area contributed by atoms with Crippen LogP contribution in [0.25, 0.3) is 5.00 Å². The quantitative estimate of drug-likeness (QED) is 0.0539. The molecule has 62 heavy (non-hydrogen) atoms. The number of carbonyl (C=O) groups is 5. The van der Waals surface area contributed by atoms with E-state index in [0.29, 0.717) is 52.3 Å². The number of aliphatic imine (C=N–C) groups is 1. The number of ketones is 1. The molecular formula is C45H38Cl2N8O6S. The van der Waals surface area contributed by atoms with Gasteiger partial charge in [-0.25, -0.2) is 4.79 Å². The normalized spacial score (nSPS) is 14.2. The molecule has 5 amide bonds. The fourth-order valence-corrected chi connectivity index (χ4v) is 8.92. The first-order valence-corrected chi connectivity index (χ1v) is 21.2. The van der Waals surface area contributed by atoms with E-state index in [1.165, 1.54) is 18.2 Å². The number of carbonyl (C=O) groups excluding carboxylic acids is 5. The molecule has 14 nitrogen and oxygen atoms in total. The molecule has 17 heteroatoms. The molecule has 0 spiro atoms. The zero-order valence-corrected chi connectivity index (χ0v) is 35.9. The highest BCUT2D eigenvalue weighted by atomic mass is 35.5. The van der Waals surface area contributed by atoms with Gasteiger partial charge < -0.3 is 20.7 Å². The first kappa shape index (κ1) is 42.0. The van der Waals surface area contributed by atoms with Crippen LogP contribution in [-0.2, 0) is 22.6 Å². The molecule has 4 aromatic carbocycles. The van der Waals surface area contributed by atoms with Crippen LogP contribution in [0.15, 0.2) is 89.9 Å². The van der Waals surface area contributed by atoms with Gasteiger partial charge in [0.15, 0.2) is 5.82 Å². The van der Waals surface area contributed by atoms with Gasteiger partial charge in [0.25, 0.3) is 17.6 Å². The Morgan fingerprint density at radius 1 is 0.887 bits per heavy atom. The Balaban J connectivity index is 0.839. The van der Waals surface area contributed by atoms with E-state index in [4.69, 9.17) is 32.9 Å². The third kappa shape index (κ3) is 8.73. The molecule has 314 valence electrons. The van der Waals surface area contributed by atoms with Crippen molar-refractivity contribution in [3.8, 4) is 16.5 Å². The summed E-state index contributed by atoms with van der Waals surface area (Å²) >= 11 is 14.5. The summed E-state index contributed by atoms with van der Waals surface area (Å²) in [6.45, 7) is 6.62. The lowest BCUT2D eigenvalue weighted by atomic mass is 9.98. The fraction of sp³-hybridized carbons (Fsp3) is 0.200. The van der Waals surface area contributed by atoms with Crippen molar-refractivity contribution in [3.63, 3.8) is 0 Å². The monoisotopic (exact) mass is 888 g/mol. The van der Waals surface area contributed by atoms with Gasteiger partial charge in [0.2, 0.25) is 5.91 Å². The number of hydrogen-bond donors (Lipinski definition) is 4. The highest BCUT2D eigenvalue weighted by Crippen LogP contribution is 2.40. The zero-order valence-electron chi connectivity index (χ0n) is 33.6. The number of nitrogens with zero attached hydrogens (tertiary/aromatic N) is 4. The van der Waals surface area contributed by atoms with Gasteiger partial charge >= 0.3 is 6.03 Å². The Bertz CT molecular complexity index is 2840. The first-order chi connectivity index (χ1) is 29.8. The van der Waals surface area contributed by atoms with E-state index >= 15 is 0 Å². The number of nitrogens with one attached hydrogen (secondary N) is 4. The maximum atomic E-state index is 13.4. The SMILES string of the molecule is Cc1sc2c(c1C)C(c1ccc(Cl)cc1)=N[C@@H](CC(=O)NCCCc1ccc(NC(=O)NCc3cccc(Oc4cccc5c4C(=O)NC(=O)C5=O)c3)cc1Cl)c1nnc(C)n1-2. The van der Waals surface area contributed by atoms with Crippen LogP contribution in [0.1, 0.15) is 83.9 Å². The third-order valence-corrected chi connectivity index (χ3v) is 12.3. The molecule has 0 fully saturated rings. The van der Waals surface area contributed by atoms with Crippen LogP contribution in [0.2, 0.25) is 10.0 Å². The van der Waals surface area contributed by atoms with Gasteiger partial charge in [-0.2, -0.15) is 0 Å². The van der Waals surface area contributed by atoms with Gasteiger partial charge in [0.05, 0.1) is 17.7 Å². The van der Waals surface area contributed by atoms with E-state index in [2.05, 4.69) is 40.0 Å². The van der Waals surface area contributed by atoms with Crippen molar-refractivity contribution < 1.29 is 28.7 Å². The average Bonchev–Trinajstić information content (AvgIpc) is 3.73. The molecule has 2 aromatic heterocycles. The average molecular weight is 890 g/mol. The lowest BCUT2D eigenvalue weighted by Crippen LogP contribution is -2.42. The van der Waals surface area contributed by atoms with Crippen LogP contribution in [0, 0.1) is 20.8 Å². The molecule has 0 saturated carbocycles. The smallest absolute Gasteiger partial charge is 0.319 e. The molecule has 0 radical (unpaired) electrons. The summed E-state index contributed by atoms with van der Waals surface area (Å²) in [6.07, 6.45) is 1.28. The highest BCUT2D eigenvalue weighted by molar-refractivity contribution is 7.15. The number of ether oxygens (including phenoxy) is 1. The molecule has 6 aromatic rings. The summed E-state index contributed by atoms with van der Waals surface area (Å²) in [7, 11) is 0. The number of hydrogen-bond acceptors (Lipinski definition) is 10. The summed E-state index contributed by atoms with van der Waals surface area (Å²) in [5.74, 6) is -0.900. The second-order valence-corrected chi connectivity index (χ2v) is 16.8. The minimum atomic E-state index is -0.989. The molecular weight excluding hydrogens is 852 g/mol. The number of rotatable bonds is 12. The van der Waals surface area contributed by atoms with Crippen LogP contribution in [-0.4, -0.2) is 56.6 Å². The summed E-state index contributed by atoms with van der Waals surface area (Å²) in [4.78, 5) is 69.2. The number of halogens is 2. The molecule has 4 heterocycles. The van der Waals surface area contributed by atoms with Gasteiger partial charge in [-0.1, -0.05) is 59.6 Å². The van der Waals surface area contributed by atoms with Gasteiger partial charge in [-0.3, -0.25) is 34.1 Å². The van der Waals surface area contributed by atoms with Crippen molar-refractivity contribution in [2.24, 2.45) is 4.99 Å². The number of aromatic nitrogens is 3. The largest absolute Gasteiger partial charge is 0.456 e. The number of anilines is 1. The summed E-state index contributed by atoms with van der Waals surface area (Å²) in [6, 6.07) is 23.1. The third-order valence-electron chi connectivity index (χ3n) is 10.5. The summed E-state index contributed by atoms with van der Waals surface area (Å²) in [5, 5.41) is 21.6. The van der Waals surface area contributed by atoms with E-state index in [9.17, 15) is 24.0 Å². The molecule has 1 atom stereocenters. The van der Waals surface area contributed by atoms with Crippen LogP contribution in [0.4, 0.5) is 10.5 Å². The Hall–Kier alpha value is -6.68. The topological polar surface area (TPSA) is 186 Å². The van der Waals surface area contributed by atoms with Crippen LogP contribution >= 0.6 is 34.5 Å². The summed E-state index contributed by atoms with van der Waals surface area (Å²) < 4.78 is 7.94. The van der Waals surface area contributed by atoms with Crippen LogP contribution in [0.5, 0.6) is 11.5 Å². The van der Waals surface area contributed by atoms with Gasteiger partial charge in [-0.05, 0) is 98.8 Å². The van der Waals surface area contributed by atoms with Crippen molar-refractivity contribution in [1.29, 1.82) is 0 Å². The number of imide groups is 1. The molecule has 8 rings (SSSR count). The molecule has 0 bridgehead atoms. The van der Waals surface area contributed by atoms with Crippen LogP contribution in [0.3, 0.4) is 0 Å². The van der Waals surface area contributed by atoms with E-state index in [-0.39, 0.29) is 35.7 Å². The number of aryl methyl sites for hydroxylation is 3. The van der Waals surface area contributed by atoms with Crippen molar-refractivity contribution in [2.45, 2.75) is 52.6 Å². The Morgan fingerprint density at radius 2 is 1.68 bits per heavy atom. The highest BCUT2D eigenvalue weighted by Gasteiger charge is 2.34. The standard InChI is InChI=1S/C45H38Cl2N8O6S/c1-23-24(2)62-44-37(23)39(28-12-15-29(46)16-13-28)51-34(41-54-53-25(3)55(41)44)21-36(56)48-18-6-8-27-14-17-30(20-33(27)47)50-45(60)49-22-26-7-4-9-31(19-26)61-35-11-5-10-32-38(35)42(58)52-43(59)40(32)57/h4-5,7,9-17,19-20,34H,6,8,18,21-22H2,1-3H3,(H,48,56)(H2,49,50,60)(H,52,58,59)/t34-/m0/s1. The summed E-state index contributed by atoms with van der Waals surface area (Å²) in [5.41, 5.74) is 5.78. The van der Waals surface area contributed by atoms with Crippen molar-refractivity contribution in [2.75, 3.05) is 11.9 Å². The number of Topliss-reactive ketones (excluding diaryl/α,β-unsaturated/α-hetero) is 1. The second-order valence-electron chi connectivity index (χ2n) is 14.7. The van der Waals surface area contributed by atoms with Crippen molar-refractivity contribution >= 4 is 75.5 Å². The zero-order chi connectivity index (χ0) is 43.7. The lowest BCUT2D eigenvalue weighted by Gasteiger charge is -2.18. The van der Waals surface area contributed by atoms with E-state index in [1.807, 2.05) is 47.1 Å². The molecule has 0 unspecified atom stereocenters. The predicted octanol–water partition coefficient (Wildman–Crippen LogP) is 8.16. The fourth-order valence-electron chi connectivity index (χ4n) is 7.30. The minimum Gasteiger partial charge on any atom is -0.456 e. The lowest BCUT2D eigenvalue weighted by molar-refractivity contribution is -0.121. The maximum absolute atomic E-state index is 13.4. The second kappa shape index (κ2) is 17.7. The maximum Gasteiger partial charge on any atom is 0.319 e. The van der Waals surface area contributed by atoms with E-state index in [1.54, 1.807) is 47.7 Å². The number of benzene rings is 4. The van der Waals surface area contributed by atoms with Gasteiger partial charge in [0, 0.05) is 50.4 Å². The van der Waals surface area contributed by atoms with E-state index in [0.717, 1.165) is 43.7 Å². The molecule has 0 saturated heterocycles. The first-order valence-electron chi connectivity index (χ1n) is 19.6. The van der Waals surface area contributed by atoms with E-state index < -0.39 is 29.7 Å². The number of fused-ring (bicyclic) bond motifs is 4. The predicted molar refractivity (Wildman–Crippen MR) is 236 cm³/mol. The number of amides is 5. The Labute approximate surface area is 369 Å². The number of urea groups is 1. The molecule has 2 aliphatic rings. The minimum absolute atomic E-state index is 0.0248. The Morgan fingerprint density at radius 3 is 2.47 bits per heavy atom. The van der Waals surface area contributed by atoms with Crippen molar-refractivity contribution in [3.05, 3.63) is 150 Å². The van der Waals surface area contributed by atoms with Crippen molar-refractivity contribution in [1.82, 2.24) is 30.7 Å². The molecule has 0 aliphatic carbocycles. The molecule has 2 aliphatic heterocycles.